The van der Waals surface area contributed by atoms with Crippen molar-refractivity contribution < 1.29 is 9.59 Å². The maximum absolute atomic E-state index is 12.7. The Labute approximate surface area is 145 Å². The Morgan fingerprint density at radius 3 is 2.38 bits per heavy atom. The zero-order valence-electron chi connectivity index (χ0n) is 15.5. The third-order valence-electron chi connectivity index (χ3n) is 6.66. The van der Waals surface area contributed by atoms with Crippen LogP contribution >= 0.6 is 0 Å². The molecule has 24 heavy (non-hydrogen) atoms. The van der Waals surface area contributed by atoms with Crippen molar-refractivity contribution >= 4 is 11.9 Å². The summed E-state index contributed by atoms with van der Waals surface area (Å²) in [5.41, 5.74) is 0.0116. The highest BCUT2D eigenvalue weighted by atomic mass is 16.2. The van der Waals surface area contributed by atoms with Crippen LogP contribution in [-0.4, -0.2) is 68.1 Å². The van der Waals surface area contributed by atoms with Crippen LogP contribution < -0.4 is 10.6 Å². The molecule has 0 radical (unpaired) electrons. The first-order chi connectivity index (χ1) is 11.3. The maximum Gasteiger partial charge on any atom is 0.317 e. The van der Waals surface area contributed by atoms with Crippen LogP contribution in [0.3, 0.4) is 0 Å². The number of fused-ring (bicyclic) bond motifs is 2. The Morgan fingerprint density at radius 1 is 1.12 bits per heavy atom. The summed E-state index contributed by atoms with van der Waals surface area (Å²) in [7, 11) is 3.89. The predicted molar refractivity (Wildman–Crippen MR) is 93.6 cm³/mol. The summed E-state index contributed by atoms with van der Waals surface area (Å²) in [5, 5.41) is 5.91. The molecule has 0 aromatic carbocycles. The normalized spacial score (nSPS) is 32.2. The van der Waals surface area contributed by atoms with Crippen molar-refractivity contribution in [2.75, 3.05) is 40.3 Å². The summed E-state index contributed by atoms with van der Waals surface area (Å²) in [6.45, 7) is 7.48. The van der Waals surface area contributed by atoms with Crippen molar-refractivity contribution in [3.8, 4) is 0 Å². The highest BCUT2D eigenvalue weighted by Crippen LogP contribution is 2.61. The number of carbonyl (C=O) groups excluding carboxylic acids is 2. The molecule has 2 saturated heterocycles. The number of nitrogens with zero attached hydrogens (tertiary/aromatic N) is 2. The number of hydrogen-bond acceptors (Lipinski definition) is 3. The lowest BCUT2D eigenvalue weighted by Crippen LogP contribution is -2.51. The van der Waals surface area contributed by atoms with Crippen molar-refractivity contribution in [1.29, 1.82) is 0 Å². The fourth-order valence-electron chi connectivity index (χ4n) is 5.51. The Balaban J connectivity index is 1.72. The Bertz CT molecular complexity index is 513. The number of piperidine rings is 1. The number of likely N-dealkylation sites (tertiary alicyclic amines) is 2. The van der Waals surface area contributed by atoms with E-state index in [2.05, 4.69) is 22.6 Å². The summed E-state index contributed by atoms with van der Waals surface area (Å²) in [4.78, 5) is 29.2. The molecule has 136 valence electrons. The maximum atomic E-state index is 12.7. The first-order valence-corrected chi connectivity index (χ1v) is 9.29. The van der Waals surface area contributed by atoms with E-state index in [1.807, 2.05) is 18.7 Å². The van der Waals surface area contributed by atoms with Crippen LogP contribution in [0.1, 0.15) is 39.5 Å². The van der Waals surface area contributed by atoms with Crippen LogP contribution in [-0.2, 0) is 4.79 Å². The van der Waals surface area contributed by atoms with Crippen LogP contribution in [0.15, 0.2) is 0 Å². The molecule has 2 aliphatic heterocycles. The average Bonchev–Trinajstić information content (AvgIpc) is 3.02. The standard InChI is InChI=1S/C18H32N4O2/c1-13(2)20-16(24)22-9-7-17(8-10-22)5-6-18(15(23)19-3)12-21(4)11-14(17)18/h13-14H,5-12H2,1-4H3,(H,19,23)(H,20,24)/t14-,18-/m1/s1. The van der Waals surface area contributed by atoms with Crippen LogP contribution in [0, 0.1) is 16.7 Å². The topological polar surface area (TPSA) is 64.7 Å². The fourth-order valence-corrected chi connectivity index (χ4v) is 5.51. The largest absolute Gasteiger partial charge is 0.359 e. The lowest BCUT2D eigenvalue weighted by molar-refractivity contribution is -0.132. The molecule has 6 heteroatoms. The van der Waals surface area contributed by atoms with E-state index in [-0.39, 0.29) is 28.8 Å². The zero-order chi connectivity index (χ0) is 17.5. The van der Waals surface area contributed by atoms with Crippen LogP contribution in [0.25, 0.3) is 0 Å². The third kappa shape index (κ3) is 2.68. The van der Waals surface area contributed by atoms with E-state index in [9.17, 15) is 9.59 Å². The second kappa shape index (κ2) is 6.21. The van der Waals surface area contributed by atoms with Gasteiger partial charge >= 0.3 is 6.03 Å². The van der Waals surface area contributed by atoms with E-state index in [0.29, 0.717) is 5.92 Å². The molecule has 3 aliphatic rings. The molecule has 1 saturated carbocycles. The van der Waals surface area contributed by atoms with Gasteiger partial charge in [0.1, 0.15) is 0 Å². The van der Waals surface area contributed by atoms with Gasteiger partial charge in [0, 0.05) is 39.3 Å². The monoisotopic (exact) mass is 336 g/mol. The number of carbonyl (C=O) groups is 2. The van der Waals surface area contributed by atoms with E-state index >= 15 is 0 Å². The van der Waals surface area contributed by atoms with Crippen molar-refractivity contribution in [1.82, 2.24) is 20.4 Å². The minimum atomic E-state index is -0.216. The van der Waals surface area contributed by atoms with E-state index in [1.54, 1.807) is 7.05 Å². The number of urea groups is 1. The molecule has 0 bridgehead atoms. The summed E-state index contributed by atoms with van der Waals surface area (Å²) in [6, 6.07) is 0.225. The van der Waals surface area contributed by atoms with Crippen molar-refractivity contribution in [3.05, 3.63) is 0 Å². The second-order valence-electron chi connectivity index (χ2n) is 8.44. The SMILES string of the molecule is CNC(=O)[C@@]12CCC3(CCN(C(=O)NC(C)C)CC3)[C@H]1CN(C)C2. The quantitative estimate of drug-likeness (QED) is 0.798. The van der Waals surface area contributed by atoms with E-state index in [0.717, 1.165) is 51.9 Å². The zero-order valence-corrected chi connectivity index (χ0v) is 15.5. The third-order valence-corrected chi connectivity index (χ3v) is 6.66. The van der Waals surface area contributed by atoms with Gasteiger partial charge in [-0.1, -0.05) is 0 Å². The Hall–Kier alpha value is -1.30. The lowest BCUT2D eigenvalue weighted by atomic mass is 9.65. The van der Waals surface area contributed by atoms with Gasteiger partial charge in [-0.25, -0.2) is 4.79 Å². The van der Waals surface area contributed by atoms with Gasteiger partial charge in [-0.2, -0.15) is 0 Å². The molecule has 3 fully saturated rings. The molecule has 0 aromatic heterocycles. The van der Waals surface area contributed by atoms with Crippen LogP contribution in [0.2, 0.25) is 0 Å². The summed E-state index contributed by atoms with van der Waals surface area (Å²) in [6.07, 6.45) is 4.16. The van der Waals surface area contributed by atoms with Crippen molar-refractivity contribution in [2.24, 2.45) is 16.7 Å². The molecule has 3 rings (SSSR count). The Morgan fingerprint density at radius 2 is 1.79 bits per heavy atom. The molecule has 2 N–H and O–H groups in total. The van der Waals surface area contributed by atoms with E-state index in [1.165, 1.54) is 0 Å². The number of amides is 3. The fraction of sp³-hybridized carbons (Fsp3) is 0.889. The molecule has 2 atom stereocenters. The van der Waals surface area contributed by atoms with E-state index < -0.39 is 0 Å². The molecule has 0 unspecified atom stereocenters. The molecule has 1 spiro atoms. The van der Waals surface area contributed by atoms with Gasteiger partial charge < -0.3 is 20.4 Å². The number of hydrogen-bond donors (Lipinski definition) is 2. The Kier molecular flexibility index (Phi) is 4.53. The molecule has 1 aliphatic carbocycles. The first-order valence-electron chi connectivity index (χ1n) is 9.29. The minimum absolute atomic E-state index is 0.0546. The second-order valence-corrected chi connectivity index (χ2v) is 8.44. The molecule has 6 nitrogen and oxygen atoms in total. The predicted octanol–water partition coefficient (Wildman–Crippen LogP) is 1.27. The minimum Gasteiger partial charge on any atom is -0.359 e. The van der Waals surface area contributed by atoms with Gasteiger partial charge in [-0.3, -0.25) is 4.79 Å². The summed E-state index contributed by atoms with van der Waals surface area (Å²) >= 11 is 0. The molecule has 3 amide bonds. The summed E-state index contributed by atoms with van der Waals surface area (Å²) < 4.78 is 0. The van der Waals surface area contributed by atoms with Crippen LogP contribution in [0.4, 0.5) is 4.79 Å². The highest BCUT2D eigenvalue weighted by Gasteiger charge is 2.63. The number of rotatable bonds is 2. The van der Waals surface area contributed by atoms with Gasteiger partial charge in [0.05, 0.1) is 5.41 Å². The number of nitrogens with one attached hydrogen (secondary N) is 2. The molecular formula is C18H32N4O2. The molecule has 2 heterocycles. The first kappa shape index (κ1) is 17.5. The van der Waals surface area contributed by atoms with Gasteiger partial charge in [0.15, 0.2) is 0 Å². The van der Waals surface area contributed by atoms with Gasteiger partial charge in [-0.15, -0.1) is 0 Å². The van der Waals surface area contributed by atoms with Gasteiger partial charge in [-0.05, 0) is 57.9 Å². The van der Waals surface area contributed by atoms with Crippen LogP contribution in [0.5, 0.6) is 0 Å². The molecular weight excluding hydrogens is 304 g/mol. The highest BCUT2D eigenvalue weighted by molar-refractivity contribution is 5.84. The summed E-state index contributed by atoms with van der Waals surface area (Å²) in [5.74, 6) is 0.638. The van der Waals surface area contributed by atoms with Crippen molar-refractivity contribution in [2.45, 2.75) is 45.6 Å². The molecule has 0 aromatic rings. The van der Waals surface area contributed by atoms with Gasteiger partial charge in [0.2, 0.25) is 5.91 Å². The average molecular weight is 336 g/mol. The van der Waals surface area contributed by atoms with E-state index in [4.69, 9.17) is 0 Å². The van der Waals surface area contributed by atoms with Gasteiger partial charge in [0.25, 0.3) is 0 Å². The smallest absolute Gasteiger partial charge is 0.317 e. The lowest BCUT2D eigenvalue weighted by Gasteiger charge is -2.44. The van der Waals surface area contributed by atoms with Crippen molar-refractivity contribution in [3.63, 3.8) is 0 Å².